The average molecular weight is 380 g/mol. The van der Waals surface area contributed by atoms with Crippen LogP contribution in [-0.4, -0.2) is 32.4 Å². The summed E-state index contributed by atoms with van der Waals surface area (Å²) < 4.78 is 103. The molecule has 24 heavy (non-hydrogen) atoms. The minimum absolute atomic E-state index is 0.0926. The summed E-state index contributed by atoms with van der Waals surface area (Å²) in [5.74, 6) is 0. The van der Waals surface area contributed by atoms with Crippen molar-refractivity contribution in [3.63, 3.8) is 0 Å². The van der Waals surface area contributed by atoms with Gasteiger partial charge in [0.15, 0.2) is 0 Å². The number of rotatable bonds is 6. The predicted octanol–water partition coefficient (Wildman–Crippen LogP) is 2.66. The van der Waals surface area contributed by atoms with Crippen LogP contribution in [0.2, 0.25) is 0 Å². The van der Waals surface area contributed by atoms with Crippen molar-refractivity contribution in [3.8, 4) is 0 Å². The van der Waals surface area contributed by atoms with Gasteiger partial charge in [0.25, 0.3) is 15.8 Å². The Hall–Kier alpha value is -1.53. The molecule has 3 N–H and O–H groups in total. The number of aliphatic hydroxyl groups is 1. The van der Waals surface area contributed by atoms with Gasteiger partial charge in [0, 0.05) is 17.8 Å². The Morgan fingerprint density at radius 3 is 1.83 bits per heavy atom. The zero-order valence-corrected chi connectivity index (χ0v) is 13.0. The first kappa shape index (κ1) is 20.5. The summed E-state index contributed by atoms with van der Waals surface area (Å²) in [5.41, 5.74) is -6.81. The standard InChI is InChI=1S/C12H14F6N2O3S/c1-2-7-19-24(22,23)20-9-5-3-8(4-6-9)10(21,11(13,14)15)12(16,17)18/h3-6,19-21H,2,7H2,1H3. The second kappa shape index (κ2) is 6.76. The second-order valence-electron chi connectivity index (χ2n) is 4.78. The van der Waals surface area contributed by atoms with Crippen molar-refractivity contribution in [1.29, 1.82) is 0 Å². The molecule has 138 valence electrons. The molecule has 0 atom stereocenters. The minimum Gasteiger partial charge on any atom is -0.369 e. The van der Waals surface area contributed by atoms with E-state index in [4.69, 9.17) is 0 Å². The van der Waals surface area contributed by atoms with Gasteiger partial charge in [0.05, 0.1) is 0 Å². The lowest BCUT2D eigenvalue weighted by Gasteiger charge is -2.32. The van der Waals surface area contributed by atoms with Gasteiger partial charge in [-0.2, -0.15) is 39.5 Å². The summed E-state index contributed by atoms with van der Waals surface area (Å²) in [6.45, 7) is 1.78. The molecule has 1 aromatic rings. The molecular weight excluding hydrogens is 366 g/mol. The Bertz CT molecular complexity index is 641. The fourth-order valence-electron chi connectivity index (χ4n) is 1.70. The van der Waals surface area contributed by atoms with E-state index < -0.39 is 33.7 Å². The van der Waals surface area contributed by atoms with Gasteiger partial charge in [-0.1, -0.05) is 19.1 Å². The van der Waals surface area contributed by atoms with Crippen molar-refractivity contribution in [2.24, 2.45) is 0 Å². The Morgan fingerprint density at radius 1 is 1.00 bits per heavy atom. The molecule has 5 nitrogen and oxygen atoms in total. The number of halogens is 6. The third kappa shape index (κ3) is 4.30. The summed E-state index contributed by atoms with van der Waals surface area (Å²) in [6, 6.07) is 2.06. The van der Waals surface area contributed by atoms with Crippen LogP contribution >= 0.6 is 0 Å². The summed E-state index contributed by atoms with van der Waals surface area (Å²) in [6.07, 6.45) is -11.5. The summed E-state index contributed by atoms with van der Waals surface area (Å²) in [7, 11) is -4.01. The molecule has 0 amide bonds. The van der Waals surface area contributed by atoms with Gasteiger partial charge in [0.1, 0.15) is 0 Å². The molecule has 0 aliphatic heterocycles. The number of nitrogens with one attached hydrogen (secondary N) is 2. The first-order valence-corrected chi connectivity index (χ1v) is 7.96. The number of anilines is 1. The van der Waals surface area contributed by atoms with Crippen molar-refractivity contribution in [3.05, 3.63) is 29.8 Å². The highest BCUT2D eigenvalue weighted by Crippen LogP contribution is 2.50. The lowest BCUT2D eigenvalue weighted by Crippen LogP contribution is -2.53. The molecule has 0 aromatic heterocycles. The fraction of sp³-hybridized carbons (Fsp3) is 0.500. The average Bonchev–Trinajstić information content (AvgIpc) is 2.42. The molecule has 0 saturated heterocycles. The Balaban J connectivity index is 3.14. The fourth-order valence-corrected chi connectivity index (χ4v) is 2.69. The predicted molar refractivity (Wildman–Crippen MR) is 73.3 cm³/mol. The van der Waals surface area contributed by atoms with E-state index in [9.17, 15) is 39.9 Å². The second-order valence-corrected chi connectivity index (χ2v) is 6.28. The van der Waals surface area contributed by atoms with Gasteiger partial charge >= 0.3 is 12.4 Å². The van der Waals surface area contributed by atoms with E-state index in [-0.39, 0.29) is 12.2 Å². The van der Waals surface area contributed by atoms with E-state index in [0.717, 1.165) is 0 Å². The van der Waals surface area contributed by atoms with Gasteiger partial charge < -0.3 is 5.11 Å². The molecule has 0 bridgehead atoms. The van der Waals surface area contributed by atoms with Crippen LogP contribution in [0.3, 0.4) is 0 Å². The molecule has 1 rings (SSSR count). The van der Waals surface area contributed by atoms with Crippen LogP contribution in [0.4, 0.5) is 32.0 Å². The van der Waals surface area contributed by atoms with Crippen molar-refractivity contribution >= 4 is 15.9 Å². The van der Waals surface area contributed by atoms with Crippen molar-refractivity contribution in [2.45, 2.75) is 31.3 Å². The number of hydrogen-bond acceptors (Lipinski definition) is 3. The molecule has 0 spiro atoms. The van der Waals surface area contributed by atoms with Crippen molar-refractivity contribution in [1.82, 2.24) is 4.72 Å². The molecular formula is C12H14F6N2O3S. The van der Waals surface area contributed by atoms with Crippen LogP contribution in [0, 0.1) is 0 Å². The van der Waals surface area contributed by atoms with E-state index in [2.05, 4.69) is 4.72 Å². The summed E-state index contributed by atoms with van der Waals surface area (Å²) in [4.78, 5) is 0. The minimum atomic E-state index is -6.01. The molecule has 0 radical (unpaired) electrons. The Labute approximate surface area is 133 Å². The highest BCUT2D eigenvalue weighted by molar-refractivity contribution is 7.90. The van der Waals surface area contributed by atoms with Crippen LogP contribution in [0.1, 0.15) is 18.9 Å². The largest absolute Gasteiger partial charge is 0.430 e. The van der Waals surface area contributed by atoms with Crippen LogP contribution in [-0.2, 0) is 15.8 Å². The zero-order valence-electron chi connectivity index (χ0n) is 12.2. The Morgan fingerprint density at radius 2 is 1.46 bits per heavy atom. The molecule has 0 unspecified atom stereocenters. The Kier molecular flexibility index (Phi) is 5.78. The molecule has 1 aromatic carbocycles. The maximum Gasteiger partial charge on any atom is 0.430 e. The number of hydrogen-bond donors (Lipinski definition) is 3. The first-order chi connectivity index (χ1) is 10.7. The molecule has 12 heteroatoms. The topological polar surface area (TPSA) is 78.4 Å². The molecule has 0 aliphatic carbocycles. The van der Waals surface area contributed by atoms with Gasteiger partial charge in [-0.15, -0.1) is 0 Å². The maximum absolute atomic E-state index is 12.7. The number of alkyl halides is 6. The molecule has 0 saturated carbocycles. The SMILES string of the molecule is CCCNS(=O)(=O)Nc1ccc(C(O)(C(F)(F)F)C(F)(F)F)cc1. The molecule has 0 aliphatic rings. The lowest BCUT2D eigenvalue weighted by atomic mass is 9.92. The molecule has 0 fully saturated rings. The third-order valence-electron chi connectivity index (χ3n) is 2.92. The van der Waals surface area contributed by atoms with Crippen LogP contribution in [0.15, 0.2) is 24.3 Å². The van der Waals surface area contributed by atoms with E-state index in [1.165, 1.54) is 0 Å². The summed E-state index contributed by atoms with van der Waals surface area (Å²) in [5, 5.41) is 9.19. The maximum atomic E-state index is 12.7. The quantitative estimate of drug-likeness (QED) is 0.664. The monoisotopic (exact) mass is 380 g/mol. The van der Waals surface area contributed by atoms with Gasteiger partial charge in [0.2, 0.25) is 0 Å². The van der Waals surface area contributed by atoms with Gasteiger partial charge in [-0.25, -0.2) is 0 Å². The van der Waals surface area contributed by atoms with Crippen LogP contribution in [0.25, 0.3) is 0 Å². The first-order valence-electron chi connectivity index (χ1n) is 6.48. The van der Waals surface area contributed by atoms with E-state index >= 15 is 0 Å². The van der Waals surface area contributed by atoms with Gasteiger partial charge in [-0.3, -0.25) is 4.72 Å². The number of benzene rings is 1. The van der Waals surface area contributed by atoms with Crippen molar-refractivity contribution in [2.75, 3.05) is 11.3 Å². The normalized spacial score (nSPS) is 13.8. The van der Waals surface area contributed by atoms with Crippen molar-refractivity contribution < 1.29 is 39.9 Å². The zero-order chi connectivity index (χ0) is 18.8. The van der Waals surface area contributed by atoms with E-state index in [1.54, 1.807) is 6.92 Å². The highest BCUT2D eigenvalue weighted by Gasteiger charge is 2.71. The highest BCUT2D eigenvalue weighted by atomic mass is 32.2. The van der Waals surface area contributed by atoms with E-state index in [0.29, 0.717) is 30.7 Å². The van der Waals surface area contributed by atoms with E-state index in [1.807, 2.05) is 4.72 Å². The van der Waals surface area contributed by atoms with Crippen LogP contribution in [0.5, 0.6) is 0 Å². The summed E-state index contributed by atoms with van der Waals surface area (Å²) >= 11 is 0. The van der Waals surface area contributed by atoms with Gasteiger partial charge in [-0.05, 0) is 18.6 Å². The smallest absolute Gasteiger partial charge is 0.369 e. The third-order valence-corrected chi connectivity index (χ3v) is 4.01. The lowest BCUT2D eigenvalue weighted by molar-refractivity contribution is -0.376. The molecule has 0 heterocycles. The van der Waals surface area contributed by atoms with Crippen LogP contribution < -0.4 is 9.44 Å².